The predicted molar refractivity (Wildman–Crippen MR) is 104 cm³/mol. The molecule has 2 atom stereocenters. The third kappa shape index (κ3) is 3.88. The van der Waals surface area contributed by atoms with E-state index in [4.69, 9.17) is 4.74 Å². The molecule has 1 fully saturated rings. The van der Waals surface area contributed by atoms with Gasteiger partial charge in [0, 0.05) is 25.1 Å². The van der Waals surface area contributed by atoms with Crippen LogP contribution in [0.5, 0.6) is 0 Å². The highest BCUT2D eigenvalue weighted by Crippen LogP contribution is 2.30. The largest absolute Gasteiger partial charge is 0.356 e. The molecule has 0 aliphatic carbocycles. The lowest BCUT2D eigenvalue weighted by atomic mass is 9.97. The molecule has 0 bridgehead atoms. The standard InChI is InChI=1S/C21H19FN4O3/c1-25-18(27)13-29-20(19(25)14-3-5-15(22)6-4-14)21(28)24-16-7-9-17(10-8-16)26-12-2-11-23-26/h2-12,19-20H,13H2,1H3,(H,24,28). The van der Waals surface area contributed by atoms with Gasteiger partial charge in [0.25, 0.3) is 5.91 Å². The van der Waals surface area contributed by atoms with Crippen molar-refractivity contribution in [3.8, 4) is 5.69 Å². The summed E-state index contributed by atoms with van der Waals surface area (Å²) in [6, 6.07) is 14.1. The highest BCUT2D eigenvalue weighted by Gasteiger charge is 2.40. The van der Waals surface area contributed by atoms with Crippen LogP contribution in [0.1, 0.15) is 11.6 Å². The average Bonchev–Trinajstić information content (AvgIpc) is 3.26. The number of halogens is 1. The van der Waals surface area contributed by atoms with Crippen molar-refractivity contribution in [3.05, 3.63) is 78.4 Å². The van der Waals surface area contributed by atoms with Crippen molar-refractivity contribution >= 4 is 17.5 Å². The van der Waals surface area contributed by atoms with Gasteiger partial charge in [0.05, 0.1) is 11.7 Å². The van der Waals surface area contributed by atoms with Crippen LogP contribution in [0.25, 0.3) is 5.69 Å². The Morgan fingerprint density at radius 2 is 1.90 bits per heavy atom. The number of benzene rings is 2. The summed E-state index contributed by atoms with van der Waals surface area (Å²) >= 11 is 0. The SMILES string of the molecule is CN1C(=O)COC(C(=O)Nc2ccc(-n3cccn3)cc2)C1c1ccc(F)cc1. The fourth-order valence-corrected chi connectivity index (χ4v) is 3.32. The zero-order valence-corrected chi connectivity index (χ0v) is 15.7. The minimum Gasteiger partial charge on any atom is -0.356 e. The lowest BCUT2D eigenvalue weighted by Gasteiger charge is -2.38. The molecule has 3 aromatic rings. The van der Waals surface area contributed by atoms with Crippen LogP contribution in [0, 0.1) is 5.82 Å². The molecule has 2 amide bonds. The average molecular weight is 394 g/mol. The van der Waals surface area contributed by atoms with E-state index in [-0.39, 0.29) is 18.4 Å². The molecule has 0 spiro atoms. The number of hydrogen-bond acceptors (Lipinski definition) is 4. The molecule has 1 aromatic heterocycles. The molecule has 8 heteroatoms. The Kier molecular flexibility index (Phi) is 5.09. The van der Waals surface area contributed by atoms with Crippen molar-refractivity contribution in [2.75, 3.05) is 19.0 Å². The van der Waals surface area contributed by atoms with Gasteiger partial charge in [-0.15, -0.1) is 0 Å². The second-order valence-electron chi connectivity index (χ2n) is 6.72. The first-order valence-electron chi connectivity index (χ1n) is 9.06. The van der Waals surface area contributed by atoms with Gasteiger partial charge in [0.15, 0.2) is 6.10 Å². The number of nitrogens with one attached hydrogen (secondary N) is 1. The quantitative estimate of drug-likeness (QED) is 0.738. The van der Waals surface area contributed by atoms with Crippen LogP contribution in [-0.2, 0) is 14.3 Å². The van der Waals surface area contributed by atoms with E-state index in [1.807, 2.05) is 24.4 Å². The summed E-state index contributed by atoms with van der Waals surface area (Å²) < 4.78 is 20.6. The van der Waals surface area contributed by atoms with E-state index in [0.29, 0.717) is 11.3 Å². The number of morpholine rings is 1. The van der Waals surface area contributed by atoms with E-state index in [9.17, 15) is 14.0 Å². The van der Waals surface area contributed by atoms with Gasteiger partial charge in [-0.2, -0.15) is 5.10 Å². The number of ether oxygens (including phenoxy) is 1. The monoisotopic (exact) mass is 394 g/mol. The summed E-state index contributed by atoms with van der Waals surface area (Å²) in [6.45, 7) is -0.190. The second kappa shape index (κ2) is 7.84. The molecular weight excluding hydrogens is 375 g/mol. The molecule has 7 nitrogen and oxygen atoms in total. The highest BCUT2D eigenvalue weighted by atomic mass is 19.1. The maximum absolute atomic E-state index is 13.3. The summed E-state index contributed by atoms with van der Waals surface area (Å²) in [7, 11) is 1.61. The number of hydrogen-bond donors (Lipinski definition) is 1. The molecule has 0 radical (unpaired) electrons. The third-order valence-electron chi connectivity index (χ3n) is 4.86. The second-order valence-corrected chi connectivity index (χ2v) is 6.72. The van der Waals surface area contributed by atoms with Gasteiger partial charge in [0.2, 0.25) is 5.91 Å². The Hall–Kier alpha value is -3.52. The molecule has 0 saturated carbocycles. The number of rotatable bonds is 4. The summed E-state index contributed by atoms with van der Waals surface area (Å²) in [6.07, 6.45) is 2.58. The molecular formula is C21H19FN4O3. The van der Waals surface area contributed by atoms with E-state index < -0.39 is 18.0 Å². The fraction of sp³-hybridized carbons (Fsp3) is 0.190. The summed E-state index contributed by atoms with van der Waals surface area (Å²) in [5.41, 5.74) is 2.07. The number of carbonyl (C=O) groups is 2. The van der Waals surface area contributed by atoms with E-state index in [1.165, 1.54) is 17.0 Å². The van der Waals surface area contributed by atoms with Crippen molar-refractivity contribution in [3.63, 3.8) is 0 Å². The molecule has 2 heterocycles. The number of nitrogens with zero attached hydrogens (tertiary/aromatic N) is 3. The van der Waals surface area contributed by atoms with Crippen LogP contribution in [0.2, 0.25) is 0 Å². The van der Waals surface area contributed by atoms with E-state index >= 15 is 0 Å². The van der Waals surface area contributed by atoms with Crippen LogP contribution < -0.4 is 5.32 Å². The Morgan fingerprint density at radius 1 is 1.17 bits per heavy atom. The van der Waals surface area contributed by atoms with Crippen LogP contribution >= 0.6 is 0 Å². The maximum atomic E-state index is 13.3. The maximum Gasteiger partial charge on any atom is 0.256 e. The first-order valence-corrected chi connectivity index (χ1v) is 9.06. The van der Waals surface area contributed by atoms with E-state index in [0.717, 1.165) is 5.69 Å². The van der Waals surface area contributed by atoms with E-state index in [1.54, 1.807) is 42.2 Å². The van der Waals surface area contributed by atoms with Crippen LogP contribution in [0.15, 0.2) is 67.0 Å². The first-order chi connectivity index (χ1) is 14.0. The number of anilines is 1. The van der Waals surface area contributed by atoms with Crippen LogP contribution in [-0.4, -0.2) is 46.3 Å². The molecule has 4 rings (SSSR count). The molecule has 2 unspecified atom stereocenters. The molecule has 1 saturated heterocycles. The fourth-order valence-electron chi connectivity index (χ4n) is 3.32. The van der Waals surface area contributed by atoms with Gasteiger partial charge in [-0.05, 0) is 48.0 Å². The van der Waals surface area contributed by atoms with Crippen molar-refractivity contribution in [2.45, 2.75) is 12.1 Å². The van der Waals surface area contributed by atoms with Gasteiger partial charge >= 0.3 is 0 Å². The van der Waals surface area contributed by atoms with Crippen LogP contribution in [0.3, 0.4) is 0 Å². The van der Waals surface area contributed by atoms with Gasteiger partial charge in [-0.3, -0.25) is 9.59 Å². The smallest absolute Gasteiger partial charge is 0.256 e. The molecule has 1 aliphatic rings. The predicted octanol–water partition coefficient (Wildman–Crippen LogP) is 2.55. The Balaban J connectivity index is 1.54. The Bertz CT molecular complexity index is 1000. The highest BCUT2D eigenvalue weighted by molar-refractivity contribution is 5.96. The number of carbonyl (C=O) groups excluding carboxylic acids is 2. The Labute approximate surface area is 166 Å². The molecule has 1 aliphatic heterocycles. The normalized spacial score (nSPS) is 19.2. The van der Waals surface area contributed by atoms with Gasteiger partial charge in [-0.1, -0.05) is 12.1 Å². The zero-order chi connectivity index (χ0) is 20.4. The van der Waals surface area contributed by atoms with Crippen molar-refractivity contribution in [2.24, 2.45) is 0 Å². The van der Waals surface area contributed by atoms with Crippen LogP contribution in [0.4, 0.5) is 10.1 Å². The molecule has 2 aromatic carbocycles. The summed E-state index contributed by atoms with van der Waals surface area (Å²) in [4.78, 5) is 26.5. The molecule has 1 N–H and O–H groups in total. The van der Waals surface area contributed by atoms with Gasteiger partial charge in [-0.25, -0.2) is 9.07 Å². The van der Waals surface area contributed by atoms with Crippen molar-refractivity contribution < 1.29 is 18.7 Å². The topological polar surface area (TPSA) is 76.5 Å². The lowest BCUT2D eigenvalue weighted by molar-refractivity contribution is -0.160. The summed E-state index contributed by atoms with van der Waals surface area (Å²) in [5.74, 6) is -1.02. The first kappa shape index (κ1) is 18.8. The van der Waals surface area contributed by atoms with E-state index in [2.05, 4.69) is 10.4 Å². The number of amides is 2. The summed E-state index contributed by atoms with van der Waals surface area (Å²) in [5, 5.41) is 6.99. The Morgan fingerprint density at radius 3 is 2.55 bits per heavy atom. The van der Waals surface area contributed by atoms with Gasteiger partial charge in [0.1, 0.15) is 12.4 Å². The van der Waals surface area contributed by atoms with Gasteiger partial charge < -0.3 is 15.0 Å². The zero-order valence-electron chi connectivity index (χ0n) is 15.7. The molecule has 148 valence electrons. The lowest BCUT2D eigenvalue weighted by Crippen LogP contribution is -2.51. The minimum atomic E-state index is -0.922. The molecule has 29 heavy (non-hydrogen) atoms. The number of aromatic nitrogens is 2. The van der Waals surface area contributed by atoms with Crippen molar-refractivity contribution in [1.29, 1.82) is 0 Å². The van der Waals surface area contributed by atoms with Crippen molar-refractivity contribution in [1.82, 2.24) is 14.7 Å². The minimum absolute atomic E-state index is 0.190. The third-order valence-corrected chi connectivity index (χ3v) is 4.86. The number of likely N-dealkylation sites (N-methyl/N-ethyl adjacent to an activating group) is 1.